The summed E-state index contributed by atoms with van der Waals surface area (Å²) >= 11 is 0. The number of benzene rings is 2. The zero-order valence-corrected chi connectivity index (χ0v) is 21.5. The van der Waals surface area contributed by atoms with Gasteiger partial charge in [0.25, 0.3) is 0 Å². The van der Waals surface area contributed by atoms with Gasteiger partial charge in [-0.2, -0.15) is 0 Å². The Bertz CT molecular complexity index is 823. The van der Waals surface area contributed by atoms with Crippen LogP contribution in [0.15, 0.2) is 60.7 Å². The summed E-state index contributed by atoms with van der Waals surface area (Å²) < 4.78 is 0. The minimum atomic E-state index is 0.322. The second kappa shape index (κ2) is 10.9. The first-order chi connectivity index (χ1) is 16.7. The molecule has 1 saturated heterocycles. The first-order valence-corrected chi connectivity index (χ1v) is 14.0. The second-order valence-electron chi connectivity index (χ2n) is 11.1. The SMILES string of the molecule is CCN(CC)CCNC1CC2(N3CCCCC3)CC(c3ccccc3)C1C(c1ccccc1)C2. The number of hydrogen-bond donors (Lipinski definition) is 1. The zero-order valence-electron chi connectivity index (χ0n) is 21.5. The number of nitrogens with one attached hydrogen (secondary N) is 1. The first-order valence-electron chi connectivity index (χ1n) is 14.0. The molecule has 4 fully saturated rings. The van der Waals surface area contributed by atoms with Gasteiger partial charge >= 0.3 is 0 Å². The summed E-state index contributed by atoms with van der Waals surface area (Å²) in [6.45, 7) is 11.7. The fraction of sp³-hybridized carbons (Fsp3) is 0.613. The van der Waals surface area contributed by atoms with Gasteiger partial charge in [-0.05, 0) is 87.2 Å². The molecule has 2 aromatic rings. The van der Waals surface area contributed by atoms with Crippen molar-refractivity contribution in [3.8, 4) is 0 Å². The van der Waals surface area contributed by atoms with Gasteiger partial charge in [0.15, 0.2) is 0 Å². The van der Waals surface area contributed by atoms with Crippen molar-refractivity contribution in [1.82, 2.24) is 15.1 Å². The molecular weight excluding hydrogens is 414 g/mol. The maximum atomic E-state index is 4.15. The molecule has 3 aliphatic carbocycles. The highest BCUT2D eigenvalue weighted by atomic mass is 15.2. The van der Waals surface area contributed by atoms with Gasteiger partial charge in [0.1, 0.15) is 0 Å². The number of likely N-dealkylation sites (N-methyl/N-ethyl adjacent to an activating group) is 1. The highest BCUT2D eigenvalue weighted by Crippen LogP contribution is 2.60. The molecule has 0 spiro atoms. The van der Waals surface area contributed by atoms with Crippen molar-refractivity contribution in [2.75, 3.05) is 39.3 Å². The average molecular weight is 460 g/mol. The molecule has 3 unspecified atom stereocenters. The summed E-state index contributed by atoms with van der Waals surface area (Å²) in [5, 5.41) is 4.15. The van der Waals surface area contributed by atoms with E-state index in [2.05, 4.69) is 89.6 Å². The van der Waals surface area contributed by atoms with Crippen LogP contribution in [-0.2, 0) is 0 Å². The zero-order chi connectivity index (χ0) is 23.4. The van der Waals surface area contributed by atoms with Crippen molar-refractivity contribution in [3.05, 3.63) is 71.8 Å². The van der Waals surface area contributed by atoms with Crippen molar-refractivity contribution < 1.29 is 0 Å². The fourth-order valence-corrected chi connectivity index (χ4v) is 7.72. The van der Waals surface area contributed by atoms with Crippen LogP contribution in [0.1, 0.15) is 75.3 Å². The third-order valence-electron chi connectivity index (χ3n) is 9.40. The van der Waals surface area contributed by atoms with Crippen molar-refractivity contribution >= 4 is 0 Å². The number of piperidine rings is 1. The molecule has 1 N–H and O–H groups in total. The summed E-state index contributed by atoms with van der Waals surface area (Å²) in [4.78, 5) is 5.49. The lowest BCUT2D eigenvalue weighted by atomic mass is 9.51. The van der Waals surface area contributed by atoms with Gasteiger partial charge in [0, 0.05) is 24.7 Å². The largest absolute Gasteiger partial charge is 0.312 e. The number of hydrogen-bond acceptors (Lipinski definition) is 3. The minimum absolute atomic E-state index is 0.322. The minimum Gasteiger partial charge on any atom is -0.312 e. The van der Waals surface area contributed by atoms with Gasteiger partial charge in [-0.1, -0.05) is 80.9 Å². The van der Waals surface area contributed by atoms with Gasteiger partial charge in [0.05, 0.1) is 0 Å². The van der Waals surface area contributed by atoms with Crippen molar-refractivity contribution in [2.45, 2.75) is 75.8 Å². The van der Waals surface area contributed by atoms with Crippen molar-refractivity contribution in [3.63, 3.8) is 0 Å². The molecule has 4 aliphatic rings. The monoisotopic (exact) mass is 459 g/mol. The molecule has 1 aliphatic heterocycles. The third-order valence-corrected chi connectivity index (χ3v) is 9.40. The Morgan fingerprint density at radius 3 is 1.88 bits per heavy atom. The van der Waals surface area contributed by atoms with Gasteiger partial charge in [-0.15, -0.1) is 0 Å². The topological polar surface area (TPSA) is 18.5 Å². The lowest BCUT2D eigenvalue weighted by Gasteiger charge is -2.63. The molecule has 3 saturated carbocycles. The predicted molar refractivity (Wildman–Crippen MR) is 143 cm³/mol. The van der Waals surface area contributed by atoms with E-state index in [9.17, 15) is 0 Å². The summed E-state index contributed by atoms with van der Waals surface area (Å²) in [6, 6.07) is 23.6. The molecule has 6 rings (SSSR count). The van der Waals surface area contributed by atoms with Crippen LogP contribution in [-0.4, -0.2) is 60.6 Å². The lowest BCUT2D eigenvalue weighted by Crippen LogP contribution is -2.66. The Balaban J connectivity index is 1.50. The van der Waals surface area contributed by atoms with E-state index < -0.39 is 0 Å². The first kappa shape index (κ1) is 24.0. The van der Waals surface area contributed by atoms with Crippen LogP contribution in [0.2, 0.25) is 0 Å². The van der Waals surface area contributed by atoms with E-state index in [1.807, 2.05) is 0 Å². The molecule has 0 aromatic heterocycles. The summed E-state index contributed by atoms with van der Waals surface area (Å²) in [7, 11) is 0. The Morgan fingerprint density at radius 2 is 1.35 bits per heavy atom. The van der Waals surface area contributed by atoms with Gasteiger partial charge < -0.3 is 10.2 Å². The molecule has 2 aromatic carbocycles. The second-order valence-corrected chi connectivity index (χ2v) is 11.1. The fourth-order valence-electron chi connectivity index (χ4n) is 7.72. The molecule has 3 nitrogen and oxygen atoms in total. The molecule has 184 valence electrons. The Kier molecular flexibility index (Phi) is 7.73. The smallest absolute Gasteiger partial charge is 0.0236 e. The molecule has 2 bridgehead atoms. The standard InChI is InChI=1S/C31H45N3/c1-3-33(4-2)21-18-32-29-24-31(34-19-12-7-13-20-34)22-27(25-14-8-5-9-15-25)30(29)28(23-31)26-16-10-6-11-17-26/h5-6,8-11,14-17,27-30,32H,3-4,7,12-13,18-24H2,1-2H3. The normalized spacial score (nSPS) is 31.7. The molecule has 3 atom stereocenters. The van der Waals surface area contributed by atoms with E-state index in [-0.39, 0.29) is 0 Å². The molecule has 34 heavy (non-hydrogen) atoms. The number of rotatable bonds is 9. The van der Waals surface area contributed by atoms with Crippen LogP contribution in [0.4, 0.5) is 0 Å². The molecule has 0 radical (unpaired) electrons. The molecule has 3 heteroatoms. The van der Waals surface area contributed by atoms with E-state index in [0.717, 1.165) is 26.2 Å². The van der Waals surface area contributed by atoms with E-state index in [1.54, 1.807) is 11.1 Å². The van der Waals surface area contributed by atoms with Crippen LogP contribution in [0, 0.1) is 5.92 Å². The summed E-state index contributed by atoms with van der Waals surface area (Å²) in [5.74, 6) is 1.91. The Labute approximate surface area is 207 Å². The van der Waals surface area contributed by atoms with Crippen LogP contribution in [0.5, 0.6) is 0 Å². The average Bonchev–Trinajstić information content (AvgIpc) is 2.92. The van der Waals surface area contributed by atoms with E-state index in [4.69, 9.17) is 0 Å². The number of fused-ring (bicyclic) bond motifs is 3. The van der Waals surface area contributed by atoms with Gasteiger partial charge in [-0.3, -0.25) is 4.90 Å². The van der Waals surface area contributed by atoms with E-state index in [0.29, 0.717) is 29.3 Å². The van der Waals surface area contributed by atoms with Gasteiger partial charge in [0.2, 0.25) is 0 Å². The van der Waals surface area contributed by atoms with Crippen LogP contribution in [0.25, 0.3) is 0 Å². The molecule has 1 heterocycles. The lowest BCUT2D eigenvalue weighted by molar-refractivity contribution is -0.0625. The van der Waals surface area contributed by atoms with Gasteiger partial charge in [-0.25, -0.2) is 0 Å². The van der Waals surface area contributed by atoms with E-state index in [1.165, 1.54) is 51.6 Å². The Hall–Kier alpha value is -1.68. The van der Waals surface area contributed by atoms with Crippen LogP contribution >= 0.6 is 0 Å². The van der Waals surface area contributed by atoms with Crippen LogP contribution < -0.4 is 5.32 Å². The molecule has 0 amide bonds. The van der Waals surface area contributed by atoms with Crippen molar-refractivity contribution in [2.24, 2.45) is 5.92 Å². The maximum Gasteiger partial charge on any atom is 0.0236 e. The van der Waals surface area contributed by atoms with E-state index >= 15 is 0 Å². The quantitative estimate of drug-likeness (QED) is 0.504. The third kappa shape index (κ3) is 4.85. The highest BCUT2D eigenvalue weighted by Gasteiger charge is 2.57. The van der Waals surface area contributed by atoms with Crippen LogP contribution in [0.3, 0.4) is 0 Å². The highest BCUT2D eigenvalue weighted by molar-refractivity contribution is 5.33. The number of nitrogens with zero attached hydrogens (tertiary/aromatic N) is 2. The maximum absolute atomic E-state index is 4.15. The predicted octanol–water partition coefficient (Wildman–Crippen LogP) is 5.89. The van der Waals surface area contributed by atoms with Crippen molar-refractivity contribution in [1.29, 1.82) is 0 Å². The summed E-state index contributed by atoms with van der Waals surface area (Å²) in [5.41, 5.74) is 3.44. The summed E-state index contributed by atoms with van der Waals surface area (Å²) in [6.07, 6.45) is 8.14. The number of likely N-dealkylation sites (tertiary alicyclic amines) is 1. The molecular formula is C31H45N3. The Morgan fingerprint density at radius 1 is 0.794 bits per heavy atom.